The maximum absolute atomic E-state index is 9.16. The number of fused-ring (bicyclic) bond motifs is 1. The molecule has 0 spiro atoms. The number of halogens is 1. The van der Waals surface area contributed by atoms with Crippen LogP contribution in [0.1, 0.15) is 41.7 Å². The van der Waals surface area contributed by atoms with E-state index in [4.69, 9.17) is 56.6 Å². The molecule has 4 N–H and O–H groups in total. The molecule has 0 unspecified atom stereocenters. The number of hydrogen-bond acceptors (Lipinski definition) is 8. The number of rotatable bonds is 8. The normalized spacial score (nSPS) is 11.1. The van der Waals surface area contributed by atoms with Gasteiger partial charge in [-0.25, -0.2) is 0 Å². The number of carboxylic acids is 1. The van der Waals surface area contributed by atoms with Crippen LogP contribution in [-0.2, 0) is 24.6 Å². The van der Waals surface area contributed by atoms with E-state index >= 15 is 0 Å². The molecule has 1 heterocycles. The Morgan fingerprint density at radius 3 is 2.36 bits per heavy atom. The summed E-state index contributed by atoms with van der Waals surface area (Å²) in [5.74, 6) is 1.68. The highest BCUT2D eigenvalue weighted by atomic mass is 35.5. The molecule has 0 radical (unpaired) electrons. The van der Waals surface area contributed by atoms with E-state index in [9.17, 15) is 0 Å². The minimum absolute atomic E-state index is 0.250. The molecule has 10 heteroatoms. The van der Waals surface area contributed by atoms with Crippen LogP contribution in [0.5, 0.6) is 23.0 Å². The number of hydrogen-bond donors (Lipinski definition) is 3. The molecule has 0 saturated carbocycles. The molecule has 236 valence electrons. The van der Waals surface area contributed by atoms with Crippen molar-refractivity contribution >= 4 is 17.6 Å². The quantitative estimate of drug-likeness (QED) is 0.194. The van der Waals surface area contributed by atoms with Gasteiger partial charge in [-0.05, 0) is 72.0 Å². The van der Waals surface area contributed by atoms with E-state index in [1.54, 1.807) is 19.1 Å². The fourth-order valence-electron chi connectivity index (χ4n) is 4.41. The van der Waals surface area contributed by atoms with Crippen LogP contribution < -0.4 is 24.7 Å². The third kappa shape index (κ3) is 9.88. The molecule has 0 aliphatic carbocycles. The summed E-state index contributed by atoms with van der Waals surface area (Å²) in [7, 11) is 0. The molecule has 1 aliphatic rings. The largest absolute Gasteiger partial charge is 0.487 e. The van der Waals surface area contributed by atoms with E-state index in [1.165, 1.54) is 0 Å². The summed E-state index contributed by atoms with van der Waals surface area (Å²) < 4.78 is 23.7. The molecular formula is C35H37ClN2O7. The summed E-state index contributed by atoms with van der Waals surface area (Å²) in [6.45, 7) is 7.05. The van der Waals surface area contributed by atoms with Crippen LogP contribution in [0.3, 0.4) is 0 Å². The number of aliphatic carboxylic acids is 1. The maximum atomic E-state index is 9.16. The van der Waals surface area contributed by atoms with Gasteiger partial charge >= 0.3 is 0 Å². The van der Waals surface area contributed by atoms with Gasteiger partial charge in [0.05, 0.1) is 11.6 Å². The SMILES string of the molecule is CC(=O)O.CCO.Cc1c(COc2ccc(CN)c(OCc3cccc(C#N)c3)c2Cl)cccc1-c1ccc2c(c1)OCCO2. The molecule has 0 fully saturated rings. The van der Waals surface area contributed by atoms with E-state index in [0.717, 1.165) is 51.8 Å². The average Bonchev–Trinajstić information content (AvgIpc) is 3.04. The number of aliphatic hydroxyl groups is 1. The van der Waals surface area contributed by atoms with Gasteiger partial charge < -0.3 is 34.9 Å². The van der Waals surface area contributed by atoms with Crippen molar-refractivity contribution in [1.82, 2.24) is 0 Å². The van der Waals surface area contributed by atoms with Gasteiger partial charge in [0.1, 0.15) is 42.9 Å². The second-order valence-electron chi connectivity index (χ2n) is 9.74. The number of nitriles is 1. The zero-order chi connectivity index (χ0) is 32.8. The van der Waals surface area contributed by atoms with Crippen LogP contribution in [0.15, 0.2) is 72.8 Å². The number of nitrogens with two attached hydrogens (primary N) is 1. The number of benzene rings is 4. The Labute approximate surface area is 268 Å². The van der Waals surface area contributed by atoms with E-state index in [1.807, 2.05) is 54.6 Å². The second kappa shape index (κ2) is 17.5. The predicted octanol–water partition coefficient (Wildman–Crippen LogP) is 6.66. The Hall–Kier alpha value is -4.75. The Morgan fingerprint density at radius 1 is 0.978 bits per heavy atom. The highest BCUT2D eigenvalue weighted by Gasteiger charge is 2.17. The van der Waals surface area contributed by atoms with Gasteiger partial charge in [-0.1, -0.05) is 54.1 Å². The zero-order valence-corrected chi connectivity index (χ0v) is 26.3. The molecule has 4 aromatic rings. The van der Waals surface area contributed by atoms with Crippen molar-refractivity contribution in [3.63, 3.8) is 0 Å². The number of aliphatic hydroxyl groups excluding tert-OH is 1. The first-order chi connectivity index (χ1) is 21.7. The Kier molecular flexibility index (Phi) is 13.5. The van der Waals surface area contributed by atoms with Crippen LogP contribution in [0, 0.1) is 18.3 Å². The number of carbonyl (C=O) groups is 1. The second-order valence-corrected chi connectivity index (χ2v) is 10.1. The lowest BCUT2D eigenvalue weighted by atomic mass is 9.96. The van der Waals surface area contributed by atoms with Crippen molar-refractivity contribution in [2.24, 2.45) is 5.73 Å². The number of nitrogens with zero attached hydrogens (tertiary/aromatic N) is 1. The predicted molar refractivity (Wildman–Crippen MR) is 173 cm³/mol. The van der Waals surface area contributed by atoms with Gasteiger partial charge in [-0.3, -0.25) is 4.79 Å². The van der Waals surface area contributed by atoms with Crippen LogP contribution in [0.2, 0.25) is 5.02 Å². The lowest BCUT2D eigenvalue weighted by molar-refractivity contribution is -0.134. The topological polar surface area (TPSA) is 144 Å². The molecular weight excluding hydrogens is 596 g/mol. The third-order valence-electron chi connectivity index (χ3n) is 6.48. The summed E-state index contributed by atoms with van der Waals surface area (Å²) in [6, 6.07) is 25.2. The first-order valence-electron chi connectivity index (χ1n) is 14.3. The molecule has 0 bridgehead atoms. The third-order valence-corrected chi connectivity index (χ3v) is 6.84. The molecule has 0 aromatic heterocycles. The Bertz CT molecular complexity index is 1630. The Balaban J connectivity index is 0.000000719. The van der Waals surface area contributed by atoms with Crippen molar-refractivity contribution in [2.75, 3.05) is 19.8 Å². The standard InChI is InChI=1S/C31H27ClN2O4.C2H4O2.C2H6O/c1-20-25(6-3-7-26(20)23-8-10-27-29(15-23)36-13-12-35-27)19-37-28-11-9-24(17-34)31(30(28)32)38-18-22-5-2-4-21(14-22)16-33;1-2(3)4;1-2-3/h2-11,14-15H,12-13,17-19,34H2,1H3;1H3,(H,3,4);3H,2H2,1H3. The molecule has 9 nitrogen and oxygen atoms in total. The van der Waals surface area contributed by atoms with Crippen molar-refractivity contribution in [2.45, 2.75) is 40.5 Å². The van der Waals surface area contributed by atoms with E-state index in [-0.39, 0.29) is 19.8 Å². The molecule has 0 atom stereocenters. The lowest BCUT2D eigenvalue weighted by Crippen LogP contribution is -2.15. The maximum Gasteiger partial charge on any atom is 0.300 e. The summed E-state index contributed by atoms with van der Waals surface area (Å²) in [5, 5.41) is 24.5. The monoisotopic (exact) mass is 632 g/mol. The van der Waals surface area contributed by atoms with Crippen LogP contribution >= 0.6 is 11.6 Å². The number of ether oxygens (including phenoxy) is 4. The highest BCUT2D eigenvalue weighted by Crippen LogP contribution is 2.39. The zero-order valence-electron chi connectivity index (χ0n) is 25.5. The summed E-state index contributed by atoms with van der Waals surface area (Å²) in [4.78, 5) is 9.00. The highest BCUT2D eigenvalue weighted by molar-refractivity contribution is 6.33. The Morgan fingerprint density at radius 2 is 1.67 bits per heavy atom. The fourth-order valence-corrected chi connectivity index (χ4v) is 4.70. The van der Waals surface area contributed by atoms with Gasteiger partial charge in [-0.15, -0.1) is 0 Å². The molecule has 0 amide bonds. The van der Waals surface area contributed by atoms with E-state index in [2.05, 4.69) is 19.1 Å². The lowest BCUT2D eigenvalue weighted by Gasteiger charge is -2.20. The van der Waals surface area contributed by atoms with Gasteiger partial charge in [0.2, 0.25) is 0 Å². The van der Waals surface area contributed by atoms with E-state index in [0.29, 0.717) is 41.9 Å². The first kappa shape index (κ1) is 34.7. The molecule has 45 heavy (non-hydrogen) atoms. The number of carboxylic acid groups (broad SMARTS) is 1. The van der Waals surface area contributed by atoms with Gasteiger partial charge in [0, 0.05) is 25.6 Å². The van der Waals surface area contributed by atoms with Crippen LogP contribution in [0.4, 0.5) is 0 Å². The van der Waals surface area contributed by atoms with Crippen molar-refractivity contribution in [3.8, 4) is 40.2 Å². The average molecular weight is 633 g/mol. The van der Waals surface area contributed by atoms with Crippen molar-refractivity contribution in [3.05, 3.63) is 106 Å². The van der Waals surface area contributed by atoms with Crippen LogP contribution in [-0.4, -0.2) is 36.0 Å². The molecule has 1 aliphatic heterocycles. The smallest absolute Gasteiger partial charge is 0.300 e. The van der Waals surface area contributed by atoms with Crippen molar-refractivity contribution in [1.29, 1.82) is 5.26 Å². The minimum Gasteiger partial charge on any atom is -0.487 e. The van der Waals surface area contributed by atoms with Crippen LogP contribution in [0.25, 0.3) is 11.1 Å². The summed E-state index contributed by atoms with van der Waals surface area (Å²) in [6.07, 6.45) is 0. The molecule has 5 rings (SSSR count). The van der Waals surface area contributed by atoms with Crippen molar-refractivity contribution < 1.29 is 34.0 Å². The molecule has 4 aromatic carbocycles. The first-order valence-corrected chi connectivity index (χ1v) is 14.6. The summed E-state index contributed by atoms with van der Waals surface area (Å²) in [5.41, 5.74) is 12.4. The minimum atomic E-state index is -0.833. The fraction of sp³-hybridized carbons (Fsp3) is 0.257. The summed E-state index contributed by atoms with van der Waals surface area (Å²) >= 11 is 6.73. The van der Waals surface area contributed by atoms with Gasteiger partial charge in [-0.2, -0.15) is 5.26 Å². The van der Waals surface area contributed by atoms with Gasteiger partial charge in [0.25, 0.3) is 5.97 Å². The van der Waals surface area contributed by atoms with Gasteiger partial charge in [0.15, 0.2) is 11.5 Å². The molecule has 0 saturated heterocycles. The van der Waals surface area contributed by atoms with E-state index < -0.39 is 5.97 Å².